The number of aryl methyl sites for hydroxylation is 1. The number of benzene rings is 2. The van der Waals surface area contributed by atoms with Crippen LogP contribution in [0.25, 0.3) is 0 Å². The van der Waals surface area contributed by atoms with Crippen LogP contribution in [0.1, 0.15) is 35.6 Å². The zero-order chi connectivity index (χ0) is 21.5. The molecule has 3 fully saturated rings. The molecule has 8 heteroatoms. The van der Waals surface area contributed by atoms with E-state index >= 15 is 0 Å². The lowest BCUT2D eigenvalue weighted by molar-refractivity contribution is -0.386. The van der Waals surface area contributed by atoms with Gasteiger partial charge in [0.1, 0.15) is 6.61 Å². The fourth-order valence-corrected chi connectivity index (χ4v) is 5.05. The molecule has 31 heavy (non-hydrogen) atoms. The summed E-state index contributed by atoms with van der Waals surface area (Å²) in [4.78, 5) is 14.0. The van der Waals surface area contributed by atoms with Gasteiger partial charge >= 0.3 is 5.69 Å². The number of piperidine rings is 3. The minimum atomic E-state index is -0.400. The van der Waals surface area contributed by atoms with Crippen molar-refractivity contribution in [3.8, 4) is 11.5 Å². The van der Waals surface area contributed by atoms with Gasteiger partial charge in [-0.1, -0.05) is 24.3 Å². The van der Waals surface area contributed by atoms with Crippen LogP contribution >= 0.6 is 0 Å². The molecule has 0 radical (unpaired) electrons. The topological polar surface area (TPSA) is 89.2 Å². The van der Waals surface area contributed by atoms with Crippen molar-refractivity contribution in [2.45, 2.75) is 38.5 Å². The Labute approximate surface area is 181 Å². The van der Waals surface area contributed by atoms with Crippen molar-refractivity contribution in [3.05, 3.63) is 63.2 Å². The molecule has 8 nitrogen and oxygen atoms in total. The van der Waals surface area contributed by atoms with Crippen molar-refractivity contribution < 1.29 is 14.4 Å². The van der Waals surface area contributed by atoms with Crippen molar-refractivity contribution in [2.75, 3.05) is 20.2 Å². The highest BCUT2D eigenvalue weighted by Gasteiger charge is 2.47. The van der Waals surface area contributed by atoms with E-state index < -0.39 is 4.92 Å². The maximum atomic E-state index is 12.0. The first-order valence-electron chi connectivity index (χ1n) is 10.7. The number of hydrazone groups is 1. The zero-order valence-corrected chi connectivity index (χ0v) is 17.7. The van der Waals surface area contributed by atoms with Crippen molar-refractivity contribution >= 4 is 11.4 Å². The molecule has 0 amide bonds. The van der Waals surface area contributed by atoms with E-state index in [2.05, 4.69) is 15.4 Å². The molecular weight excluding hydrogens is 396 g/mol. The Balaban J connectivity index is 1.47. The molecule has 2 bridgehead atoms. The maximum Gasteiger partial charge on any atom is 0.315 e. The minimum absolute atomic E-state index is 0.0887. The van der Waals surface area contributed by atoms with E-state index in [-0.39, 0.29) is 30.1 Å². The molecule has 3 saturated heterocycles. The molecule has 1 N–H and O–H groups in total. The minimum Gasteiger partial charge on any atom is -0.493 e. The fourth-order valence-electron chi connectivity index (χ4n) is 5.05. The van der Waals surface area contributed by atoms with Gasteiger partial charge in [-0.3, -0.25) is 15.0 Å². The van der Waals surface area contributed by atoms with E-state index in [9.17, 15) is 10.1 Å². The van der Waals surface area contributed by atoms with Crippen molar-refractivity contribution in [3.63, 3.8) is 0 Å². The first-order valence-corrected chi connectivity index (χ1v) is 10.7. The number of nitrogens with zero attached hydrogens (tertiary/aromatic N) is 3. The van der Waals surface area contributed by atoms with Gasteiger partial charge in [-0.15, -0.1) is 0 Å². The maximum absolute atomic E-state index is 12.0. The Hall–Kier alpha value is -3.13. The third kappa shape index (κ3) is 3.40. The number of rotatable bonds is 6. The van der Waals surface area contributed by atoms with Crippen LogP contribution in [0.5, 0.6) is 11.5 Å². The fraction of sp³-hybridized carbons (Fsp3) is 0.435. The number of methoxy groups -OCH3 is 1. The summed E-state index contributed by atoms with van der Waals surface area (Å²) in [7, 11) is 1.51. The van der Waals surface area contributed by atoms with E-state index in [4.69, 9.17) is 9.47 Å². The van der Waals surface area contributed by atoms with Crippen LogP contribution in [-0.4, -0.2) is 41.8 Å². The second kappa shape index (κ2) is 7.85. The lowest BCUT2D eigenvalue weighted by Crippen LogP contribution is -2.56. The monoisotopic (exact) mass is 422 g/mol. The lowest BCUT2D eigenvalue weighted by Gasteiger charge is -2.45. The summed E-state index contributed by atoms with van der Waals surface area (Å²) in [5, 5.41) is 16.6. The molecule has 2 aromatic carbocycles. The molecule has 0 aromatic heterocycles. The SMILES string of the molecule is COc1cc(C2NN=C3C4CCN(CC4)C32)cc([N+](=O)[O-])c1OCc1ccccc1C. The normalized spacial score (nSPS) is 26.1. The van der Waals surface area contributed by atoms with Gasteiger partial charge in [0.25, 0.3) is 0 Å². The number of fused-ring (bicyclic) bond motifs is 2. The number of hydrogen-bond donors (Lipinski definition) is 1. The first kappa shape index (κ1) is 19.8. The van der Waals surface area contributed by atoms with Crippen LogP contribution in [0.15, 0.2) is 41.5 Å². The van der Waals surface area contributed by atoms with E-state index in [1.54, 1.807) is 6.07 Å². The summed E-state index contributed by atoms with van der Waals surface area (Å²) in [5.74, 6) is 1.04. The molecule has 0 spiro atoms. The van der Waals surface area contributed by atoms with E-state index in [1.165, 1.54) is 12.8 Å². The molecule has 6 rings (SSSR count). The van der Waals surface area contributed by atoms with Crippen molar-refractivity contribution in [2.24, 2.45) is 11.0 Å². The summed E-state index contributed by atoms with van der Waals surface area (Å²) in [6.07, 6.45) is 2.28. The predicted molar refractivity (Wildman–Crippen MR) is 117 cm³/mol. The Kier molecular flexibility index (Phi) is 5.02. The second-order valence-electron chi connectivity index (χ2n) is 8.44. The van der Waals surface area contributed by atoms with Gasteiger partial charge in [-0.05, 0) is 55.6 Å². The average molecular weight is 422 g/mol. The van der Waals surface area contributed by atoms with Gasteiger partial charge < -0.3 is 14.9 Å². The summed E-state index contributed by atoms with van der Waals surface area (Å²) in [6, 6.07) is 11.3. The van der Waals surface area contributed by atoms with Crippen LogP contribution in [-0.2, 0) is 6.61 Å². The zero-order valence-electron chi connectivity index (χ0n) is 17.7. The van der Waals surface area contributed by atoms with Crippen molar-refractivity contribution in [1.29, 1.82) is 0 Å². The average Bonchev–Trinajstić information content (AvgIpc) is 3.26. The number of nitro groups is 1. The molecule has 4 aliphatic rings. The molecular formula is C23H26N4O4. The molecule has 4 heterocycles. The highest BCUT2D eigenvalue weighted by Crippen LogP contribution is 2.44. The lowest BCUT2D eigenvalue weighted by atomic mass is 9.78. The molecule has 2 atom stereocenters. The van der Waals surface area contributed by atoms with Gasteiger partial charge in [0.2, 0.25) is 5.75 Å². The van der Waals surface area contributed by atoms with Crippen LogP contribution in [0.3, 0.4) is 0 Å². The van der Waals surface area contributed by atoms with Gasteiger partial charge in [0.05, 0.1) is 29.8 Å². The highest BCUT2D eigenvalue weighted by atomic mass is 16.6. The first-order chi connectivity index (χ1) is 15.1. The Morgan fingerprint density at radius 3 is 2.74 bits per heavy atom. The Morgan fingerprint density at radius 2 is 2.03 bits per heavy atom. The van der Waals surface area contributed by atoms with E-state index in [1.807, 2.05) is 37.3 Å². The van der Waals surface area contributed by atoms with E-state index in [0.717, 1.165) is 42.6 Å². The van der Waals surface area contributed by atoms with Crippen LogP contribution in [0.2, 0.25) is 0 Å². The number of nitro benzene ring substituents is 1. The number of nitrogens with one attached hydrogen (secondary N) is 1. The quantitative estimate of drug-likeness (QED) is 0.565. The third-order valence-corrected chi connectivity index (χ3v) is 6.76. The van der Waals surface area contributed by atoms with Crippen LogP contribution in [0.4, 0.5) is 5.69 Å². The molecule has 0 aliphatic carbocycles. The van der Waals surface area contributed by atoms with Crippen LogP contribution < -0.4 is 14.9 Å². The molecule has 2 unspecified atom stereocenters. The summed E-state index contributed by atoms with van der Waals surface area (Å²) in [5.41, 5.74) is 7.18. The van der Waals surface area contributed by atoms with Crippen LogP contribution in [0, 0.1) is 23.0 Å². The number of hydrogen-bond acceptors (Lipinski definition) is 7. The van der Waals surface area contributed by atoms with Gasteiger partial charge in [0.15, 0.2) is 5.75 Å². The number of ether oxygens (including phenoxy) is 2. The van der Waals surface area contributed by atoms with Gasteiger partial charge in [-0.25, -0.2) is 0 Å². The summed E-state index contributed by atoms with van der Waals surface area (Å²) >= 11 is 0. The largest absolute Gasteiger partial charge is 0.493 e. The molecule has 0 saturated carbocycles. The molecule has 4 aliphatic heterocycles. The predicted octanol–water partition coefficient (Wildman–Crippen LogP) is 3.59. The third-order valence-electron chi connectivity index (χ3n) is 6.76. The summed E-state index contributed by atoms with van der Waals surface area (Å²) < 4.78 is 11.5. The summed E-state index contributed by atoms with van der Waals surface area (Å²) in [6.45, 7) is 4.31. The Morgan fingerprint density at radius 1 is 1.26 bits per heavy atom. The van der Waals surface area contributed by atoms with Crippen molar-refractivity contribution in [1.82, 2.24) is 10.3 Å². The Bertz CT molecular complexity index is 1050. The van der Waals surface area contributed by atoms with Gasteiger partial charge in [-0.2, -0.15) is 5.10 Å². The highest BCUT2D eigenvalue weighted by molar-refractivity contribution is 5.95. The second-order valence-corrected chi connectivity index (χ2v) is 8.44. The smallest absolute Gasteiger partial charge is 0.315 e. The van der Waals surface area contributed by atoms with E-state index in [0.29, 0.717) is 11.7 Å². The van der Waals surface area contributed by atoms with Gasteiger partial charge in [0, 0.05) is 12.0 Å². The molecule has 2 aromatic rings. The molecule has 162 valence electrons. The standard InChI is InChI=1S/C23H26N4O4/c1-14-5-3-4-6-16(14)13-31-23-18(27(28)29)11-17(12-19(23)30-2)21-22-20(24-25-21)15-7-9-26(22)10-8-15/h3-6,11-12,15,21-22,25H,7-10,13H2,1-2H3.